The van der Waals surface area contributed by atoms with Gasteiger partial charge in [-0.15, -0.1) is 0 Å². The summed E-state index contributed by atoms with van der Waals surface area (Å²) in [6, 6.07) is 13.0. The number of ether oxygens (including phenoxy) is 1. The summed E-state index contributed by atoms with van der Waals surface area (Å²) in [4.78, 5) is 39.7. The Balaban J connectivity index is 1.40. The quantitative estimate of drug-likeness (QED) is 0.446. The molecule has 1 aliphatic heterocycles. The number of hydrogen-bond donors (Lipinski definition) is 0. The SMILES string of the molecule is O=C(Oc1ccc(Cl)cc1)c1cccc(N2C(=O)[C@@H]3[C@@H]4CC[C@H](C4)[C@@H]3C2=O)c1. The molecule has 2 bridgehead atoms. The van der Waals surface area contributed by atoms with Crippen LogP contribution >= 0.6 is 11.6 Å². The van der Waals surface area contributed by atoms with Crippen molar-refractivity contribution in [3.8, 4) is 5.75 Å². The molecule has 5 rings (SSSR count). The maximum atomic E-state index is 13.0. The lowest BCUT2D eigenvalue weighted by Gasteiger charge is -2.19. The molecule has 1 saturated heterocycles. The first-order valence-electron chi connectivity index (χ1n) is 9.48. The Kier molecular flexibility index (Phi) is 4.02. The van der Waals surface area contributed by atoms with Gasteiger partial charge in [0.15, 0.2) is 0 Å². The molecule has 142 valence electrons. The van der Waals surface area contributed by atoms with Crippen LogP contribution in [0.4, 0.5) is 5.69 Å². The third-order valence-corrected chi connectivity index (χ3v) is 6.54. The minimum atomic E-state index is -0.552. The third kappa shape index (κ3) is 2.65. The zero-order valence-corrected chi connectivity index (χ0v) is 15.8. The van der Waals surface area contributed by atoms with E-state index < -0.39 is 5.97 Å². The molecule has 0 radical (unpaired) electrons. The van der Waals surface area contributed by atoms with Crippen LogP contribution in [-0.2, 0) is 9.59 Å². The van der Waals surface area contributed by atoms with E-state index in [9.17, 15) is 14.4 Å². The van der Waals surface area contributed by atoms with Crippen LogP contribution in [0.25, 0.3) is 0 Å². The zero-order chi connectivity index (χ0) is 19.4. The van der Waals surface area contributed by atoms with E-state index in [-0.39, 0.29) is 29.2 Å². The second kappa shape index (κ2) is 6.45. The van der Waals surface area contributed by atoms with Gasteiger partial charge in [0, 0.05) is 5.02 Å². The molecule has 2 amide bonds. The molecule has 5 nitrogen and oxygen atoms in total. The zero-order valence-electron chi connectivity index (χ0n) is 15.0. The first-order valence-corrected chi connectivity index (χ1v) is 9.86. The van der Waals surface area contributed by atoms with Gasteiger partial charge < -0.3 is 4.74 Å². The van der Waals surface area contributed by atoms with E-state index in [1.54, 1.807) is 48.5 Å². The molecule has 2 aromatic carbocycles. The normalized spacial score (nSPS) is 28.0. The molecule has 28 heavy (non-hydrogen) atoms. The van der Waals surface area contributed by atoms with Crippen LogP contribution in [0.1, 0.15) is 29.6 Å². The van der Waals surface area contributed by atoms with E-state index in [0.29, 0.717) is 28.3 Å². The lowest BCUT2D eigenvalue weighted by Crippen LogP contribution is -2.32. The van der Waals surface area contributed by atoms with Crippen LogP contribution in [0.5, 0.6) is 5.75 Å². The highest BCUT2D eigenvalue weighted by atomic mass is 35.5. The highest BCUT2D eigenvalue weighted by molar-refractivity contribution is 6.30. The number of benzene rings is 2. The van der Waals surface area contributed by atoms with Crippen molar-refractivity contribution in [3.63, 3.8) is 0 Å². The van der Waals surface area contributed by atoms with Crippen molar-refractivity contribution >= 4 is 35.1 Å². The summed E-state index contributed by atoms with van der Waals surface area (Å²) in [5.74, 6) is -0.130. The van der Waals surface area contributed by atoms with E-state index in [2.05, 4.69) is 0 Å². The molecule has 4 atom stereocenters. The predicted octanol–water partition coefficient (Wildman–Crippen LogP) is 4.09. The van der Waals surface area contributed by atoms with Crippen LogP contribution in [0.3, 0.4) is 0 Å². The summed E-state index contributed by atoms with van der Waals surface area (Å²) in [6.07, 6.45) is 3.06. The van der Waals surface area contributed by atoms with Crippen molar-refractivity contribution in [2.45, 2.75) is 19.3 Å². The molecule has 3 fully saturated rings. The fourth-order valence-electron chi connectivity index (χ4n) is 5.10. The Morgan fingerprint density at radius 1 is 0.964 bits per heavy atom. The summed E-state index contributed by atoms with van der Waals surface area (Å²) >= 11 is 5.84. The lowest BCUT2D eigenvalue weighted by molar-refractivity contribution is -0.123. The molecule has 3 aliphatic rings. The van der Waals surface area contributed by atoms with Gasteiger partial charge in [-0.1, -0.05) is 17.7 Å². The lowest BCUT2D eigenvalue weighted by atomic mass is 9.81. The van der Waals surface area contributed by atoms with Gasteiger partial charge in [0.2, 0.25) is 11.8 Å². The molecule has 2 aromatic rings. The maximum absolute atomic E-state index is 13.0. The van der Waals surface area contributed by atoms with Crippen LogP contribution in [-0.4, -0.2) is 17.8 Å². The second-order valence-electron chi connectivity index (χ2n) is 7.79. The number of esters is 1. The number of carbonyl (C=O) groups excluding carboxylic acids is 3. The predicted molar refractivity (Wildman–Crippen MR) is 103 cm³/mol. The first kappa shape index (κ1) is 17.4. The van der Waals surface area contributed by atoms with Gasteiger partial charge in [-0.05, 0) is 73.6 Å². The Morgan fingerprint density at radius 2 is 1.61 bits per heavy atom. The van der Waals surface area contributed by atoms with Crippen LogP contribution in [0.2, 0.25) is 5.02 Å². The van der Waals surface area contributed by atoms with Gasteiger partial charge in [-0.2, -0.15) is 0 Å². The van der Waals surface area contributed by atoms with Crippen molar-refractivity contribution in [1.29, 1.82) is 0 Å². The highest BCUT2D eigenvalue weighted by Gasteiger charge is 2.61. The number of fused-ring (bicyclic) bond motifs is 5. The van der Waals surface area contributed by atoms with Crippen LogP contribution in [0.15, 0.2) is 48.5 Å². The highest BCUT2D eigenvalue weighted by Crippen LogP contribution is 2.56. The molecule has 0 N–H and O–H groups in total. The summed E-state index contributed by atoms with van der Waals surface area (Å²) < 4.78 is 5.36. The van der Waals surface area contributed by atoms with Gasteiger partial charge in [-0.3, -0.25) is 14.5 Å². The van der Waals surface area contributed by atoms with E-state index in [1.807, 2.05) is 0 Å². The molecule has 6 heteroatoms. The minimum absolute atomic E-state index is 0.120. The largest absolute Gasteiger partial charge is 0.423 e. The number of anilines is 1. The van der Waals surface area contributed by atoms with Crippen molar-refractivity contribution in [1.82, 2.24) is 0 Å². The summed E-state index contributed by atoms with van der Waals surface area (Å²) in [5, 5.41) is 0.548. The molecule has 0 spiro atoms. The molecule has 2 saturated carbocycles. The van der Waals surface area contributed by atoms with Gasteiger partial charge in [0.25, 0.3) is 0 Å². The fraction of sp³-hybridized carbons (Fsp3) is 0.318. The van der Waals surface area contributed by atoms with Gasteiger partial charge in [0.05, 0.1) is 23.1 Å². The molecule has 2 aliphatic carbocycles. The summed E-state index contributed by atoms with van der Waals surface area (Å²) in [6.45, 7) is 0. The van der Waals surface area contributed by atoms with Crippen LogP contribution < -0.4 is 9.64 Å². The standard InChI is InChI=1S/C22H18ClNO4/c23-15-6-8-17(9-7-15)28-22(27)14-2-1-3-16(11-14)24-20(25)18-12-4-5-13(10-12)19(18)21(24)26/h1-3,6-9,11-13,18-19H,4-5,10H2/t12-,13-,18-,19+/m1/s1. The van der Waals surface area contributed by atoms with E-state index in [4.69, 9.17) is 16.3 Å². The average Bonchev–Trinajstić information content (AvgIpc) is 3.37. The Hall–Kier alpha value is -2.66. The molecule has 1 heterocycles. The third-order valence-electron chi connectivity index (χ3n) is 6.29. The van der Waals surface area contributed by atoms with E-state index >= 15 is 0 Å². The molecular weight excluding hydrogens is 378 g/mol. The van der Waals surface area contributed by atoms with E-state index in [1.165, 1.54) is 4.90 Å². The van der Waals surface area contributed by atoms with Gasteiger partial charge in [-0.25, -0.2) is 4.79 Å². The van der Waals surface area contributed by atoms with Crippen molar-refractivity contribution in [3.05, 3.63) is 59.1 Å². The molecular formula is C22H18ClNO4. The Bertz CT molecular complexity index is 958. The summed E-state index contributed by atoms with van der Waals surface area (Å²) in [5.41, 5.74) is 0.724. The number of amides is 2. The Labute approximate surface area is 167 Å². The number of nitrogens with zero attached hydrogens (tertiary/aromatic N) is 1. The number of rotatable bonds is 3. The first-order chi connectivity index (χ1) is 13.5. The average molecular weight is 396 g/mol. The van der Waals surface area contributed by atoms with Crippen molar-refractivity contribution in [2.75, 3.05) is 4.90 Å². The van der Waals surface area contributed by atoms with Crippen molar-refractivity contribution < 1.29 is 19.1 Å². The molecule has 0 unspecified atom stereocenters. The summed E-state index contributed by atoms with van der Waals surface area (Å²) in [7, 11) is 0. The fourth-order valence-corrected chi connectivity index (χ4v) is 5.23. The van der Waals surface area contributed by atoms with Crippen LogP contribution in [0, 0.1) is 23.7 Å². The topological polar surface area (TPSA) is 63.7 Å². The number of imide groups is 1. The monoisotopic (exact) mass is 395 g/mol. The second-order valence-corrected chi connectivity index (χ2v) is 8.23. The number of hydrogen-bond acceptors (Lipinski definition) is 4. The minimum Gasteiger partial charge on any atom is -0.423 e. The van der Waals surface area contributed by atoms with Gasteiger partial charge in [0.1, 0.15) is 5.75 Å². The molecule has 0 aromatic heterocycles. The number of halogens is 1. The Morgan fingerprint density at radius 3 is 2.25 bits per heavy atom. The van der Waals surface area contributed by atoms with Gasteiger partial charge >= 0.3 is 5.97 Å². The van der Waals surface area contributed by atoms with Crippen molar-refractivity contribution in [2.24, 2.45) is 23.7 Å². The maximum Gasteiger partial charge on any atom is 0.343 e. The smallest absolute Gasteiger partial charge is 0.343 e. The van der Waals surface area contributed by atoms with E-state index in [0.717, 1.165) is 19.3 Å². The number of carbonyl (C=O) groups is 3.